The maximum absolute atomic E-state index is 7.25. The number of aromatic nitrogens is 4. The molecule has 6 heteroatoms. The molecular formula is C5H4N5Y-. The standard InChI is InChI=1S/C5H4N5.Y/c6-4-3-5(9-1-7-3)10-2-8-4;/h1H,(H3,6,7,8,9,10);/q-1;. The van der Waals surface area contributed by atoms with Crippen molar-refractivity contribution in [2.75, 3.05) is 0 Å². The van der Waals surface area contributed by atoms with Crippen LogP contribution >= 0.6 is 0 Å². The van der Waals surface area contributed by atoms with Gasteiger partial charge in [-0.25, -0.2) is 0 Å². The van der Waals surface area contributed by atoms with E-state index in [2.05, 4.69) is 26.3 Å². The van der Waals surface area contributed by atoms with Crippen molar-refractivity contribution in [3.63, 3.8) is 0 Å². The van der Waals surface area contributed by atoms with Gasteiger partial charge < -0.3 is 20.4 Å². The van der Waals surface area contributed by atoms with Gasteiger partial charge in [-0.2, -0.15) is 0 Å². The molecule has 0 aliphatic rings. The average Bonchev–Trinajstić information content (AvgIpc) is 2.36. The molecule has 3 N–H and O–H groups in total. The van der Waals surface area contributed by atoms with E-state index < -0.39 is 0 Å². The first-order valence-electron chi connectivity index (χ1n) is 2.72. The number of hydrogen-bond acceptors (Lipinski definition) is 3. The molecule has 1 radical (unpaired) electrons. The van der Waals surface area contributed by atoms with Crippen LogP contribution in [0.2, 0.25) is 0 Å². The number of nitrogens with zero attached hydrogens (tertiary/aromatic N) is 2. The van der Waals surface area contributed by atoms with Crippen molar-refractivity contribution in [2.45, 2.75) is 0 Å². The summed E-state index contributed by atoms with van der Waals surface area (Å²) in [5, 5.41) is 7.25. The van der Waals surface area contributed by atoms with Gasteiger partial charge in [-0.3, -0.25) is 4.98 Å². The summed E-state index contributed by atoms with van der Waals surface area (Å²) in [6, 6.07) is 0. The van der Waals surface area contributed by atoms with E-state index in [0.717, 1.165) is 0 Å². The summed E-state index contributed by atoms with van der Waals surface area (Å²) in [6.07, 6.45) is 3.95. The molecule has 0 unspecified atom stereocenters. The summed E-state index contributed by atoms with van der Waals surface area (Å²) in [6.45, 7) is 0. The molecule has 0 saturated heterocycles. The minimum Gasteiger partial charge on any atom is -0.436 e. The van der Waals surface area contributed by atoms with Gasteiger partial charge >= 0.3 is 0 Å². The Morgan fingerprint density at radius 2 is 2.36 bits per heavy atom. The molecule has 0 bridgehead atoms. The first-order valence-corrected chi connectivity index (χ1v) is 2.72. The molecule has 53 valence electrons. The average molecular weight is 223 g/mol. The van der Waals surface area contributed by atoms with Gasteiger partial charge in [0.05, 0.1) is 11.8 Å². The molecule has 2 heterocycles. The van der Waals surface area contributed by atoms with Crippen molar-refractivity contribution in [1.29, 1.82) is 5.41 Å². The molecule has 0 saturated carbocycles. The Morgan fingerprint density at radius 1 is 1.55 bits per heavy atom. The Balaban J connectivity index is 0.000000605. The van der Waals surface area contributed by atoms with Crippen molar-refractivity contribution in [3.05, 3.63) is 18.1 Å². The minimum atomic E-state index is 0. The van der Waals surface area contributed by atoms with E-state index in [0.29, 0.717) is 11.2 Å². The van der Waals surface area contributed by atoms with Gasteiger partial charge in [0.15, 0.2) is 0 Å². The van der Waals surface area contributed by atoms with Crippen LogP contribution < -0.4 is 5.49 Å². The smallest absolute Gasteiger partial charge is 0.0790 e. The van der Waals surface area contributed by atoms with Crippen LogP contribution in [0.4, 0.5) is 0 Å². The van der Waals surface area contributed by atoms with Gasteiger partial charge in [-0.1, -0.05) is 0 Å². The maximum Gasteiger partial charge on any atom is 0.0790 e. The Bertz CT molecular complexity index is 402. The van der Waals surface area contributed by atoms with Crippen LogP contribution in [0.15, 0.2) is 6.33 Å². The van der Waals surface area contributed by atoms with Crippen LogP contribution in [-0.4, -0.2) is 19.9 Å². The Labute approximate surface area is 87.1 Å². The minimum absolute atomic E-state index is 0. The monoisotopic (exact) mass is 223 g/mol. The molecule has 0 aliphatic heterocycles. The van der Waals surface area contributed by atoms with Crippen molar-refractivity contribution < 1.29 is 32.7 Å². The van der Waals surface area contributed by atoms with Crippen LogP contribution in [0, 0.1) is 11.7 Å². The third-order valence-corrected chi connectivity index (χ3v) is 1.22. The summed E-state index contributed by atoms with van der Waals surface area (Å²) in [5.41, 5.74) is 1.38. The van der Waals surface area contributed by atoms with Gasteiger partial charge in [0.1, 0.15) is 0 Å². The zero-order valence-electron chi connectivity index (χ0n) is 5.55. The molecule has 0 aromatic carbocycles. The van der Waals surface area contributed by atoms with Crippen LogP contribution in [0.5, 0.6) is 0 Å². The third-order valence-electron chi connectivity index (χ3n) is 1.22. The van der Waals surface area contributed by atoms with Gasteiger partial charge in [0.2, 0.25) is 0 Å². The zero-order chi connectivity index (χ0) is 6.97. The molecule has 0 fully saturated rings. The summed E-state index contributed by atoms with van der Waals surface area (Å²) >= 11 is 0. The fourth-order valence-electron chi connectivity index (χ4n) is 0.762. The van der Waals surface area contributed by atoms with E-state index in [1.165, 1.54) is 6.33 Å². The normalized spacial score (nSPS) is 9.45. The fraction of sp³-hybridized carbons (Fsp3) is 0. The largest absolute Gasteiger partial charge is 0.436 e. The predicted molar refractivity (Wildman–Crippen MR) is 32.9 cm³/mol. The molecule has 0 aliphatic carbocycles. The number of imidazole rings is 1. The number of aromatic amines is 2. The van der Waals surface area contributed by atoms with Crippen LogP contribution in [0.1, 0.15) is 0 Å². The van der Waals surface area contributed by atoms with Crippen molar-refractivity contribution in [3.8, 4) is 0 Å². The first kappa shape index (κ1) is 8.55. The number of fused-ring (bicyclic) bond motifs is 1. The van der Waals surface area contributed by atoms with E-state index in [4.69, 9.17) is 5.41 Å². The number of rotatable bonds is 0. The van der Waals surface area contributed by atoms with E-state index in [1.807, 2.05) is 0 Å². The molecule has 2 aromatic heterocycles. The van der Waals surface area contributed by atoms with Gasteiger partial charge in [-0.15, -0.1) is 0 Å². The zero-order valence-corrected chi connectivity index (χ0v) is 8.39. The summed E-state index contributed by atoms with van der Waals surface area (Å²) in [4.78, 5) is 12.9. The third kappa shape index (κ3) is 1.39. The van der Waals surface area contributed by atoms with Crippen LogP contribution in [-0.2, 0) is 32.7 Å². The van der Waals surface area contributed by atoms with Crippen LogP contribution in [0.3, 0.4) is 0 Å². The first-order chi connectivity index (χ1) is 4.88. The van der Waals surface area contributed by atoms with E-state index in [1.54, 1.807) is 0 Å². The molecule has 0 atom stereocenters. The van der Waals surface area contributed by atoms with Crippen molar-refractivity contribution in [2.24, 2.45) is 0 Å². The number of nitrogens with one attached hydrogen (secondary N) is 3. The van der Waals surface area contributed by atoms with Gasteiger partial charge in [0.25, 0.3) is 0 Å². The van der Waals surface area contributed by atoms with E-state index in [-0.39, 0.29) is 38.2 Å². The fourth-order valence-corrected chi connectivity index (χ4v) is 0.762. The van der Waals surface area contributed by atoms with Gasteiger partial charge in [0, 0.05) is 50.2 Å². The molecular weight excluding hydrogens is 219 g/mol. The Kier molecular flexibility index (Phi) is 2.51. The number of H-pyrrole nitrogens is 2. The summed E-state index contributed by atoms with van der Waals surface area (Å²) in [7, 11) is 0. The molecule has 0 spiro atoms. The molecule has 5 nitrogen and oxygen atoms in total. The molecule has 2 rings (SSSR count). The predicted octanol–water partition coefficient (Wildman–Crippen LogP) is -0.437. The van der Waals surface area contributed by atoms with Crippen molar-refractivity contribution in [1.82, 2.24) is 19.9 Å². The van der Waals surface area contributed by atoms with Crippen LogP contribution in [0.25, 0.3) is 11.2 Å². The molecule has 0 amide bonds. The quantitative estimate of drug-likeness (QED) is 0.529. The summed E-state index contributed by atoms with van der Waals surface area (Å²) < 4.78 is 0. The second kappa shape index (κ2) is 3.23. The number of hydrogen-bond donors (Lipinski definition) is 3. The van der Waals surface area contributed by atoms with Crippen molar-refractivity contribution >= 4 is 11.2 Å². The molecule has 11 heavy (non-hydrogen) atoms. The SMILES string of the molecule is N=c1n[c-][nH]c2nc[nH]c12.[Y]. The van der Waals surface area contributed by atoms with Gasteiger partial charge in [-0.05, 0) is 0 Å². The summed E-state index contributed by atoms with van der Waals surface area (Å²) in [5.74, 6) is 0. The second-order valence-corrected chi connectivity index (χ2v) is 1.82. The van der Waals surface area contributed by atoms with E-state index in [9.17, 15) is 0 Å². The Hall–Kier alpha value is -0.546. The Morgan fingerprint density at radius 3 is 3.09 bits per heavy atom. The molecule has 2 aromatic rings. The maximum atomic E-state index is 7.25. The topological polar surface area (TPSA) is 81.2 Å². The second-order valence-electron chi connectivity index (χ2n) is 1.82. The van der Waals surface area contributed by atoms with E-state index >= 15 is 0 Å².